The first kappa shape index (κ1) is 13.5. The number of carboxylic acid groups (broad SMARTS) is 1. The van der Waals surface area contributed by atoms with Gasteiger partial charge in [-0.1, -0.05) is 38.1 Å². The van der Waals surface area contributed by atoms with Crippen molar-refractivity contribution in [3.63, 3.8) is 0 Å². The average Bonchev–Trinajstić information content (AvgIpc) is 2.27. The van der Waals surface area contributed by atoms with Crippen LogP contribution >= 0.6 is 0 Å². The molecule has 17 heavy (non-hydrogen) atoms. The molecule has 0 bridgehead atoms. The summed E-state index contributed by atoms with van der Waals surface area (Å²) in [6.45, 7) is 5.40. The van der Waals surface area contributed by atoms with E-state index >= 15 is 0 Å². The van der Waals surface area contributed by atoms with Crippen LogP contribution < -0.4 is 0 Å². The SMILES string of the molecule is CC(C)COCc1ccccc1/C=C/C(=O)O. The van der Waals surface area contributed by atoms with E-state index in [-0.39, 0.29) is 0 Å². The highest BCUT2D eigenvalue weighted by Gasteiger charge is 2.00. The summed E-state index contributed by atoms with van der Waals surface area (Å²) in [6, 6.07) is 7.63. The van der Waals surface area contributed by atoms with E-state index in [0.29, 0.717) is 19.1 Å². The number of hydrogen-bond acceptors (Lipinski definition) is 2. The molecular formula is C14H18O3. The topological polar surface area (TPSA) is 46.5 Å². The highest BCUT2D eigenvalue weighted by atomic mass is 16.5. The van der Waals surface area contributed by atoms with Gasteiger partial charge in [0.05, 0.1) is 6.61 Å². The summed E-state index contributed by atoms with van der Waals surface area (Å²) in [5, 5.41) is 8.60. The summed E-state index contributed by atoms with van der Waals surface area (Å²) >= 11 is 0. The van der Waals surface area contributed by atoms with E-state index in [1.807, 2.05) is 24.3 Å². The van der Waals surface area contributed by atoms with Gasteiger partial charge < -0.3 is 9.84 Å². The van der Waals surface area contributed by atoms with Crippen molar-refractivity contribution in [3.05, 3.63) is 41.5 Å². The van der Waals surface area contributed by atoms with Crippen LogP contribution in [0.3, 0.4) is 0 Å². The van der Waals surface area contributed by atoms with Gasteiger partial charge in [-0.05, 0) is 23.1 Å². The molecule has 0 spiro atoms. The first-order valence-corrected chi connectivity index (χ1v) is 5.66. The highest BCUT2D eigenvalue weighted by Crippen LogP contribution is 2.12. The van der Waals surface area contributed by atoms with Crippen molar-refractivity contribution in [1.82, 2.24) is 0 Å². The molecule has 0 atom stereocenters. The molecule has 0 amide bonds. The number of aliphatic carboxylic acids is 1. The van der Waals surface area contributed by atoms with E-state index in [1.54, 1.807) is 6.08 Å². The number of carbonyl (C=O) groups is 1. The van der Waals surface area contributed by atoms with Crippen molar-refractivity contribution in [1.29, 1.82) is 0 Å². The van der Waals surface area contributed by atoms with Crippen molar-refractivity contribution in [3.8, 4) is 0 Å². The third-order valence-corrected chi connectivity index (χ3v) is 2.17. The summed E-state index contributed by atoms with van der Waals surface area (Å²) in [6.07, 6.45) is 2.73. The molecule has 0 fully saturated rings. The van der Waals surface area contributed by atoms with Gasteiger partial charge in [-0.15, -0.1) is 0 Å². The van der Waals surface area contributed by atoms with Crippen molar-refractivity contribution >= 4 is 12.0 Å². The van der Waals surface area contributed by atoms with Crippen LogP contribution in [0.15, 0.2) is 30.3 Å². The smallest absolute Gasteiger partial charge is 0.328 e. The van der Waals surface area contributed by atoms with Crippen LogP contribution in [0.25, 0.3) is 6.08 Å². The standard InChI is InChI=1S/C14H18O3/c1-11(2)9-17-10-13-6-4-3-5-12(13)7-8-14(15)16/h3-8,11H,9-10H2,1-2H3,(H,15,16)/b8-7+. The maximum atomic E-state index is 10.5. The van der Waals surface area contributed by atoms with Crippen molar-refractivity contribution in [2.75, 3.05) is 6.61 Å². The second kappa shape index (κ2) is 6.86. The first-order valence-electron chi connectivity index (χ1n) is 5.66. The van der Waals surface area contributed by atoms with Gasteiger partial charge in [0.2, 0.25) is 0 Å². The van der Waals surface area contributed by atoms with Crippen molar-refractivity contribution in [2.45, 2.75) is 20.5 Å². The molecular weight excluding hydrogens is 216 g/mol. The van der Waals surface area contributed by atoms with Gasteiger partial charge in [0.1, 0.15) is 0 Å². The molecule has 0 aliphatic heterocycles. The monoisotopic (exact) mass is 234 g/mol. The Labute approximate surface area is 102 Å². The Morgan fingerprint density at radius 1 is 1.41 bits per heavy atom. The van der Waals surface area contributed by atoms with E-state index in [2.05, 4.69) is 13.8 Å². The number of hydrogen-bond donors (Lipinski definition) is 1. The average molecular weight is 234 g/mol. The van der Waals surface area contributed by atoms with Gasteiger partial charge in [-0.2, -0.15) is 0 Å². The van der Waals surface area contributed by atoms with Crippen LogP contribution in [0.5, 0.6) is 0 Å². The fourth-order valence-electron chi connectivity index (χ4n) is 1.39. The molecule has 1 aromatic carbocycles. The molecule has 1 aromatic rings. The molecule has 0 radical (unpaired) electrons. The van der Waals surface area contributed by atoms with Crippen LogP contribution in [0, 0.1) is 5.92 Å². The predicted octanol–water partition coefficient (Wildman–Crippen LogP) is 2.96. The quantitative estimate of drug-likeness (QED) is 0.770. The van der Waals surface area contributed by atoms with Gasteiger partial charge in [0.25, 0.3) is 0 Å². The van der Waals surface area contributed by atoms with Crippen LogP contribution in [0.2, 0.25) is 0 Å². The lowest BCUT2D eigenvalue weighted by Crippen LogP contribution is -2.02. The molecule has 92 valence electrons. The van der Waals surface area contributed by atoms with Gasteiger partial charge in [0.15, 0.2) is 0 Å². The maximum Gasteiger partial charge on any atom is 0.328 e. The minimum Gasteiger partial charge on any atom is -0.478 e. The largest absolute Gasteiger partial charge is 0.478 e. The summed E-state index contributed by atoms with van der Waals surface area (Å²) in [5.41, 5.74) is 1.89. The lowest BCUT2D eigenvalue weighted by molar-refractivity contribution is -0.131. The summed E-state index contributed by atoms with van der Waals surface area (Å²) in [4.78, 5) is 10.5. The van der Waals surface area contributed by atoms with Gasteiger partial charge in [-0.3, -0.25) is 0 Å². The lowest BCUT2D eigenvalue weighted by atomic mass is 10.1. The van der Waals surface area contributed by atoms with Crippen molar-refractivity contribution < 1.29 is 14.6 Å². The van der Waals surface area contributed by atoms with Crippen molar-refractivity contribution in [2.24, 2.45) is 5.92 Å². The zero-order valence-electron chi connectivity index (χ0n) is 10.2. The first-order chi connectivity index (χ1) is 8.09. The van der Waals surface area contributed by atoms with Crippen LogP contribution in [0.1, 0.15) is 25.0 Å². The van der Waals surface area contributed by atoms with E-state index in [9.17, 15) is 4.79 Å². The molecule has 0 heterocycles. The van der Waals surface area contributed by atoms with E-state index < -0.39 is 5.97 Å². The molecule has 0 aliphatic rings. The van der Waals surface area contributed by atoms with E-state index in [0.717, 1.165) is 17.2 Å². The zero-order chi connectivity index (χ0) is 12.7. The molecule has 0 aromatic heterocycles. The Morgan fingerprint density at radius 2 is 2.12 bits per heavy atom. The Kier molecular flexibility index (Phi) is 5.43. The zero-order valence-corrected chi connectivity index (χ0v) is 10.2. The summed E-state index contributed by atoms with van der Waals surface area (Å²) in [5.74, 6) is -0.445. The Balaban J connectivity index is 2.67. The van der Waals surface area contributed by atoms with E-state index in [4.69, 9.17) is 9.84 Å². The lowest BCUT2D eigenvalue weighted by Gasteiger charge is -2.09. The normalized spacial score (nSPS) is 11.2. The second-order valence-electron chi connectivity index (χ2n) is 4.28. The minimum atomic E-state index is -0.942. The number of rotatable bonds is 6. The molecule has 0 saturated heterocycles. The Morgan fingerprint density at radius 3 is 2.76 bits per heavy atom. The third-order valence-electron chi connectivity index (χ3n) is 2.17. The van der Waals surface area contributed by atoms with Crippen LogP contribution in [0.4, 0.5) is 0 Å². The molecule has 3 nitrogen and oxygen atoms in total. The fourth-order valence-corrected chi connectivity index (χ4v) is 1.39. The van der Waals surface area contributed by atoms with Gasteiger partial charge in [-0.25, -0.2) is 4.79 Å². The second-order valence-corrected chi connectivity index (χ2v) is 4.28. The number of benzene rings is 1. The summed E-state index contributed by atoms with van der Waals surface area (Å²) < 4.78 is 5.55. The van der Waals surface area contributed by atoms with Crippen LogP contribution in [-0.2, 0) is 16.1 Å². The predicted molar refractivity (Wildman–Crippen MR) is 67.6 cm³/mol. The van der Waals surface area contributed by atoms with Gasteiger partial charge in [0, 0.05) is 12.7 Å². The summed E-state index contributed by atoms with van der Waals surface area (Å²) in [7, 11) is 0. The molecule has 1 rings (SSSR count). The molecule has 1 N–H and O–H groups in total. The molecule has 0 aliphatic carbocycles. The van der Waals surface area contributed by atoms with E-state index in [1.165, 1.54) is 0 Å². The molecule has 3 heteroatoms. The maximum absolute atomic E-state index is 10.5. The van der Waals surface area contributed by atoms with Crippen LogP contribution in [-0.4, -0.2) is 17.7 Å². The number of carboxylic acids is 1. The Bertz CT molecular complexity index is 394. The highest BCUT2D eigenvalue weighted by molar-refractivity contribution is 5.85. The number of ether oxygens (including phenoxy) is 1. The minimum absolute atomic E-state index is 0.497. The molecule has 0 saturated carbocycles. The van der Waals surface area contributed by atoms with Gasteiger partial charge >= 0.3 is 5.97 Å². The fraction of sp³-hybridized carbons (Fsp3) is 0.357. The molecule has 0 unspecified atom stereocenters. The third kappa shape index (κ3) is 5.31. The Hall–Kier alpha value is -1.61.